The van der Waals surface area contributed by atoms with Gasteiger partial charge in [-0.3, -0.25) is 0 Å². The number of halogens is 2. The van der Waals surface area contributed by atoms with Crippen molar-refractivity contribution in [3.8, 4) is 0 Å². The maximum Gasteiger partial charge on any atom is 0.238 e. The molecule has 0 saturated heterocycles. The van der Waals surface area contributed by atoms with E-state index in [0.29, 0.717) is 5.92 Å². The van der Waals surface area contributed by atoms with Gasteiger partial charge in [-0.2, -0.15) is 0 Å². The summed E-state index contributed by atoms with van der Waals surface area (Å²) in [7, 11) is 0. The fraction of sp³-hybridized carbons (Fsp3) is 1.00. The van der Waals surface area contributed by atoms with E-state index in [-0.39, 0.29) is 6.42 Å². The van der Waals surface area contributed by atoms with E-state index in [4.69, 9.17) is 0 Å². The number of alkyl halides is 2. The summed E-state index contributed by atoms with van der Waals surface area (Å²) in [4.78, 5) is 0. The van der Waals surface area contributed by atoms with Gasteiger partial charge >= 0.3 is 0 Å². The number of hydrogen-bond acceptors (Lipinski definition) is 0. The zero-order chi connectivity index (χ0) is 15.1. The van der Waals surface area contributed by atoms with Crippen LogP contribution in [0, 0.1) is 23.7 Å². The summed E-state index contributed by atoms with van der Waals surface area (Å²) in [6.07, 6.45) is 13.9. The lowest BCUT2D eigenvalue weighted by Gasteiger charge is -2.38. The van der Waals surface area contributed by atoms with Crippen LogP contribution in [0.2, 0.25) is 0 Å². The molecule has 2 fully saturated rings. The Morgan fingerprint density at radius 2 is 1.29 bits per heavy atom. The van der Waals surface area contributed by atoms with Crippen LogP contribution in [0.5, 0.6) is 0 Å². The van der Waals surface area contributed by atoms with Crippen LogP contribution in [0.15, 0.2) is 0 Å². The largest absolute Gasteiger partial charge is 0.238 e. The fourth-order valence-corrected chi connectivity index (χ4v) is 4.78. The third-order valence-electron chi connectivity index (χ3n) is 6.18. The molecule has 0 aromatic heterocycles. The molecule has 0 unspecified atom stereocenters. The molecule has 2 saturated carbocycles. The van der Waals surface area contributed by atoms with Crippen molar-refractivity contribution in [3.63, 3.8) is 0 Å². The van der Waals surface area contributed by atoms with Crippen molar-refractivity contribution in [1.82, 2.24) is 0 Å². The highest BCUT2D eigenvalue weighted by molar-refractivity contribution is 4.82. The van der Waals surface area contributed by atoms with Gasteiger partial charge in [-0.15, -0.1) is 0 Å². The Labute approximate surface area is 130 Å². The predicted molar refractivity (Wildman–Crippen MR) is 85.7 cm³/mol. The molecule has 0 nitrogen and oxygen atoms in total. The van der Waals surface area contributed by atoms with Gasteiger partial charge in [-0.05, 0) is 62.2 Å². The van der Waals surface area contributed by atoms with Crippen molar-refractivity contribution < 1.29 is 8.78 Å². The van der Waals surface area contributed by atoms with Gasteiger partial charge in [-0.25, -0.2) is 8.78 Å². The first-order chi connectivity index (χ1) is 10.2. The molecule has 2 aliphatic rings. The van der Waals surface area contributed by atoms with Gasteiger partial charge in [0.25, 0.3) is 0 Å². The summed E-state index contributed by atoms with van der Waals surface area (Å²) in [6, 6.07) is 0. The molecule has 0 N–H and O–H groups in total. The Morgan fingerprint density at radius 1 is 0.762 bits per heavy atom. The number of unbranched alkanes of at least 4 members (excludes halogenated alkanes) is 2. The summed E-state index contributed by atoms with van der Waals surface area (Å²) >= 11 is 0. The number of rotatable bonds is 7. The summed E-state index contributed by atoms with van der Waals surface area (Å²) < 4.78 is 24.9. The van der Waals surface area contributed by atoms with Crippen LogP contribution in [0.4, 0.5) is 8.78 Å². The van der Waals surface area contributed by atoms with Crippen LogP contribution in [0.3, 0.4) is 0 Å². The molecule has 0 atom stereocenters. The van der Waals surface area contributed by atoms with E-state index < -0.39 is 6.43 Å². The quantitative estimate of drug-likeness (QED) is 0.452. The van der Waals surface area contributed by atoms with Crippen LogP contribution in [-0.2, 0) is 0 Å². The molecule has 2 aliphatic carbocycles. The molecule has 124 valence electrons. The SMILES string of the molecule is CCCCC[C@H]1CC[C@H]([C@H]2CC[C@H](CC(F)F)CC2)CC1. The minimum Gasteiger partial charge on any atom is -0.211 e. The molecule has 0 bridgehead atoms. The zero-order valence-corrected chi connectivity index (χ0v) is 13.8. The van der Waals surface area contributed by atoms with Crippen LogP contribution >= 0.6 is 0 Å². The van der Waals surface area contributed by atoms with Gasteiger partial charge in [0.1, 0.15) is 0 Å². The van der Waals surface area contributed by atoms with E-state index in [9.17, 15) is 8.78 Å². The average Bonchev–Trinajstić information content (AvgIpc) is 2.49. The van der Waals surface area contributed by atoms with Crippen molar-refractivity contribution in [2.45, 2.75) is 96.8 Å². The lowest BCUT2D eigenvalue weighted by Crippen LogP contribution is -2.26. The molecule has 2 heteroatoms. The highest BCUT2D eigenvalue weighted by Crippen LogP contribution is 2.43. The topological polar surface area (TPSA) is 0 Å². The van der Waals surface area contributed by atoms with E-state index in [1.807, 2.05) is 0 Å². The molecule has 0 aliphatic heterocycles. The summed E-state index contributed by atoms with van der Waals surface area (Å²) in [5.74, 6) is 3.07. The van der Waals surface area contributed by atoms with Crippen molar-refractivity contribution >= 4 is 0 Å². The smallest absolute Gasteiger partial charge is 0.211 e. The molecule has 21 heavy (non-hydrogen) atoms. The molecule has 0 amide bonds. The second-order valence-corrected chi connectivity index (χ2v) is 7.68. The van der Waals surface area contributed by atoms with E-state index in [0.717, 1.165) is 30.6 Å². The highest BCUT2D eigenvalue weighted by atomic mass is 19.3. The average molecular weight is 300 g/mol. The van der Waals surface area contributed by atoms with Gasteiger partial charge in [0.2, 0.25) is 6.43 Å². The molecule has 0 spiro atoms. The van der Waals surface area contributed by atoms with Gasteiger partial charge < -0.3 is 0 Å². The van der Waals surface area contributed by atoms with Crippen molar-refractivity contribution in [1.29, 1.82) is 0 Å². The Morgan fingerprint density at radius 3 is 1.76 bits per heavy atom. The van der Waals surface area contributed by atoms with Crippen molar-refractivity contribution in [2.24, 2.45) is 23.7 Å². The minimum absolute atomic E-state index is 0.150. The first-order valence-electron chi connectivity index (χ1n) is 9.47. The molecule has 0 aromatic carbocycles. The van der Waals surface area contributed by atoms with E-state index in [1.54, 1.807) is 0 Å². The Bertz CT molecular complexity index is 261. The number of hydrogen-bond donors (Lipinski definition) is 0. The van der Waals surface area contributed by atoms with Crippen LogP contribution in [0.1, 0.15) is 90.4 Å². The van der Waals surface area contributed by atoms with E-state index >= 15 is 0 Å². The van der Waals surface area contributed by atoms with Gasteiger partial charge in [0.15, 0.2) is 0 Å². The monoisotopic (exact) mass is 300 g/mol. The lowest BCUT2D eigenvalue weighted by atomic mass is 9.68. The second-order valence-electron chi connectivity index (χ2n) is 7.68. The third-order valence-corrected chi connectivity index (χ3v) is 6.18. The first kappa shape index (κ1) is 17.2. The first-order valence-corrected chi connectivity index (χ1v) is 9.47. The van der Waals surface area contributed by atoms with E-state index in [2.05, 4.69) is 6.92 Å². The summed E-state index contributed by atoms with van der Waals surface area (Å²) in [5, 5.41) is 0. The van der Waals surface area contributed by atoms with Crippen LogP contribution in [-0.4, -0.2) is 6.43 Å². The van der Waals surface area contributed by atoms with E-state index in [1.165, 1.54) is 64.2 Å². The van der Waals surface area contributed by atoms with Crippen LogP contribution < -0.4 is 0 Å². The standard InChI is InChI=1S/C19H34F2/c1-2-3-4-5-15-6-10-17(11-7-15)18-12-8-16(9-13-18)14-19(20)21/h15-19H,2-14H2,1H3/t15-,16-,17-,18-. The van der Waals surface area contributed by atoms with Gasteiger partial charge in [0.05, 0.1) is 0 Å². The normalized spacial score (nSPS) is 34.3. The summed E-state index contributed by atoms with van der Waals surface area (Å²) in [5.41, 5.74) is 0. The molecule has 0 aromatic rings. The predicted octanol–water partition coefficient (Wildman–Crippen LogP) is 6.83. The lowest BCUT2D eigenvalue weighted by molar-refractivity contribution is 0.0832. The Hall–Kier alpha value is -0.140. The van der Waals surface area contributed by atoms with Gasteiger partial charge in [0, 0.05) is 6.42 Å². The second kappa shape index (κ2) is 9.10. The highest BCUT2D eigenvalue weighted by Gasteiger charge is 2.31. The molecular formula is C19H34F2. The zero-order valence-electron chi connectivity index (χ0n) is 13.8. The van der Waals surface area contributed by atoms with Crippen LogP contribution in [0.25, 0.3) is 0 Å². The minimum atomic E-state index is -2.09. The fourth-order valence-electron chi connectivity index (χ4n) is 4.78. The molecule has 0 radical (unpaired) electrons. The maximum atomic E-state index is 12.4. The molecular weight excluding hydrogens is 266 g/mol. The Kier molecular flexibility index (Phi) is 7.46. The third kappa shape index (κ3) is 5.87. The van der Waals surface area contributed by atoms with Gasteiger partial charge in [-0.1, -0.05) is 45.4 Å². The molecule has 0 heterocycles. The van der Waals surface area contributed by atoms with Crippen molar-refractivity contribution in [3.05, 3.63) is 0 Å². The van der Waals surface area contributed by atoms with Crippen molar-refractivity contribution in [2.75, 3.05) is 0 Å². The summed E-state index contributed by atoms with van der Waals surface area (Å²) in [6.45, 7) is 2.28. The Balaban J connectivity index is 1.62. The molecule has 2 rings (SSSR count). The maximum absolute atomic E-state index is 12.4.